The summed E-state index contributed by atoms with van der Waals surface area (Å²) >= 11 is 6.02. The van der Waals surface area contributed by atoms with Gasteiger partial charge in [-0.15, -0.1) is 0 Å². The van der Waals surface area contributed by atoms with Crippen LogP contribution in [0.2, 0.25) is 5.02 Å². The number of rotatable bonds is 2. The summed E-state index contributed by atoms with van der Waals surface area (Å²) in [5, 5.41) is 7.39. The first-order valence-electron chi connectivity index (χ1n) is 8.82. The highest BCUT2D eigenvalue weighted by atomic mass is 35.5. The fraction of sp³-hybridized carbons (Fsp3) is 0.136. The maximum atomic E-state index is 14.5. The molecule has 0 radical (unpaired) electrons. The van der Waals surface area contributed by atoms with Crippen LogP contribution in [0.25, 0.3) is 0 Å². The zero-order valence-corrected chi connectivity index (χ0v) is 15.1. The third-order valence-corrected chi connectivity index (χ3v) is 5.30. The van der Waals surface area contributed by atoms with Crippen molar-refractivity contribution in [2.75, 3.05) is 0 Å². The van der Waals surface area contributed by atoms with Crippen molar-refractivity contribution in [1.82, 2.24) is 5.01 Å². The van der Waals surface area contributed by atoms with Crippen LogP contribution in [-0.4, -0.2) is 10.7 Å². The van der Waals surface area contributed by atoms with Crippen LogP contribution in [0, 0.1) is 5.82 Å². The molecular formula is C22H16ClFN2O. The van der Waals surface area contributed by atoms with Gasteiger partial charge in [-0.3, -0.25) is 0 Å². The molecule has 0 saturated carbocycles. The number of halogens is 2. The zero-order chi connectivity index (χ0) is 18.4. The maximum absolute atomic E-state index is 14.5. The molecule has 134 valence electrons. The number of para-hydroxylation sites is 1. The quantitative estimate of drug-likeness (QED) is 0.569. The molecule has 0 aliphatic carbocycles. The first-order chi connectivity index (χ1) is 13.2. The lowest BCUT2D eigenvalue weighted by molar-refractivity contribution is -0.0212. The second-order valence-corrected chi connectivity index (χ2v) is 7.12. The second-order valence-electron chi connectivity index (χ2n) is 6.68. The Labute approximate surface area is 161 Å². The fourth-order valence-corrected chi connectivity index (χ4v) is 3.86. The molecule has 0 fully saturated rings. The van der Waals surface area contributed by atoms with Crippen LogP contribution in [0.15, 0.2) is 77.9 Å². The third-order valence-electron chi connectivity index (χ3n) is 5.05. The summed E-state index contributed by atoms with van der Waals surface area (Å²) in [6, 6.07) is 22.2. The van der Waals surface area contributed by atoms with Crippen molar-refractivity contribution >= 4 is 17.3 Å². The summed E-state index contributed by atoms with van der Waals surface area (Å²) in [5.74, 6) is 0.482. The van der Waals surface area contributed by atoms with E-state index in [1.54, 1.807) is 12.1 Å². The smallest absolute Gasteiger partial charge is 0.216 e. The van der Waals surface area contributed by atoms with E-state index in [4.69, 9.17) is 21.4 Å². The van der Waals surface area contributed by atoms with Crippen LogP contribution in [-0.2, 0) is 0 Å². The zero-order valence-electron chi connectivity index (χ0n) is 14.3. The Morgan fingerprint density at radius 1 is 0.926 bits per heavy atom. The molecule has 27 heavy (non-hydrogen) atoms. The molecule has 0 bridgehead atoms. The Morgan fingerprint density at radius 3 is 2.41 bits per heavy atom. The largest absolute Gasteiger partial charge is 0.464 e. The van der Waals surface area contributed by atoms with Gasteiger partial charge in [0.1, 0.15) is 11.6 Å². The summed E-state index contributed by atoms with van der Waals surface area (Å²) < 4.78 is 20.7. The molecule has 0 aromatic heterocycles. The van der Waals surface area contributed by atoms with E-state index < -0.39 is 6.23 Å². The van der Waals surface area contributed by atoms with Gasteiger partial charge < -0.3 is 4.74 Å². The Morgan fingerprint density at radius 2 is 1.63 bits per heavy atom. The lowest BCUT2D eigenvalue weighted by atomic mass is 9.96. The number of benzene rings is 3. The molecule has 5 heteroatoms. The summed E-state index contributed by atoms with van der Waals surface area (Å²) in [7, 11) is 0. The standard InChI is InChI=1S/C22H16ClFN2O/c23-15-11-9-14(10-12-15)19-13-20-17-6-2-4-8-21(17)27-22(26(20)25-19)16-5-1-3-7-18(16)24/h1-12,20,22H,13H2/t20-,22+/m0/s1. The van der Waals surface area contributed by atoms with Gasteiger partial charge in [0, 0.05) is 17.0 Å². The molecule has 2 atom stereocenters. The van der Waals surface area contributed by atoms with Crippen LogP contribution in [0.5, 0.6) is 5.75 Å². The van der Waals surface area contributed by atoms with Crippen LogP contribution in [0.1, 0.15) is 35.4 Å². The summed E-state index contributed by atoms with van der Waals surface area (Å²) in [4.78, 5) is 0. The summed E-state index contributed by atoms with van der Waals surface area (Å²) in [6.45, 7) is 0. The normalized spacial score (nSPS) is 20.5. The molecule has 3 aromatic rings. The second kappa shape index (κ2) is 6.39. The fourth-order valence-electron chi connectivity index (χ4n) is 3.73. The van der Waals surface area contributed by atoms with E-state index >= 15 is 0 Å². The van der Waals surface area contributed by atoms with Crippen molar-refractivity contribution in [3.8, 4) is 5.75 Å². The van der Waals surface area contributed by atoms with Gasteiger partial charge in [-0.25, -0.2) is 9.40 Å². The van der Waals surface area contributed by atoms with Crippen LogP contribution >= 0.6 is 11.6 Å². The van der Waals surface area contributed by atoms with Crippen LogP contribution < -0.4 is 4.74 Å². The van der Waals surface area contributed by atoms with Crippen molar-refractivity contribution in [3.05, 3.63) is 100 Å². The molecule has 3 aromatic carbocycles. The van der Waals surface area contributed by atoms with E-state index in [0.717, 1.165) is 29.0 Å². The van der Waals surface area contributed by atoms with Crippen molar-refractivity contribution < 1.29 is 9.13 Å². The van der Waals surface area contributed by atoms with E-state index in [0.29, 0.717) is 10.6 Å². The number of ether oxygens (including phenoxy) is 1. The number of hydrazone groups is 1. The summed E-state index contributed by atoms with van der Waals surface area (Å²) in [5.41, 5.74) is 3.51. The maximum Gasteiger partial charge on any atom is 0.216 e. The molecule has 0 unspecified atom stereocenters. The van der Waals surface area contributed by atoms with Crippen LogP contribution in [0.3, 0.4) is 0 Å². The van der Waals surface area contributed by atoms with E-state index in [-0.39, 0.29) is 11.9 Å². The number of hydrogen-bond donors (Lipinski definition) is 0. The predicted octanol–water partition coefficient (Wildman–Crippen LogP) is 5.72. The van der Waals surface area contributed by atoms with Gasteiger partial charge in [0.15, 0.2) is 0 Å². The lowest BCUT2D eigenvalue weighted by Crippen LogP contribution is -2.34. The minimum atomic E-state index is -0.601. The Balaban J connectivity index is 1.61. The Kier molecular flexibility index (Phi) is 3.87. The highest BCUT2D eigenvalue weighted by Gasteiger charge is 2.41. The third kappa shape index (κ3) is 2.77. The molecule has 5 rings (SSSR count). The Hall–Kier alpha value is -2.85. The van der Waals surface area contributed by atoms with Gasteiger partial charge in [-0.05, 0) is 29.8 Å². The van der Waals surface area contributed by atoms with E-state index in [1.165, 1.54) is 6.07 Å². The van der Waals surface area contributed by atoms with Gasteiger partial charge in [0.25, 0.3) is 0 Å². The predicted molar refractivity (Wildman–Crippen MR) is 103 cm³/mol. The van der Waals surface area contributed by atoms with Crippen molar-refractivity contribution in [2.24, 2.45) is 5.10 Å². The average Bonchev–Trinajstić information content (AvgIpc) is 3.14. The molecule has 0 saturated heterocycles. The lowest BCUT2D eigenvalue weighted by Gasteiger charge is -2.38. The summed E-state index contributed by atoms with van der Waals surface area (Å²) in [6.07, 6.45) is 0.128. The van der Waals surface area contributed by atoms with Crippen molar-refractivity contribution in [1.29, 1.82) is 0 Å². The molecule has 2 aliphatic rings. The molecule has 0 spiro atoms. The first kappa shape index (κ1) is 16.3. The number of fused-ring (bicyclic) bond motifs is 3. The Bertz CT molecular complexity index is 1030. The molecule has 0 amide bonds. The average molecular weight is 379 g/mol. The van der Waals surface area contributed by atoms with Gasteiger partial charge in [0.05, 0.1) is 17.3 Å². The minimum Gasteiger partial charge on any atom is -0.464 e. The monoisotopic (exact) mass is 378 g/mol. The molecular weight excluding hydrogens is 363 g/mol. The van der Waals surface area contributed by atoms with Crippen molar-refractivity contribution in [2.45, 2.75) is 18.7 Å². The topological polar surface area (TPSA) is 24.8 Å². The highest BCUT2D eigenvalue weighted by molar-refractivity contribution is 6.30. The minimum absolute atomic E-state index is 0.00485. The molecule has 2 heterocycles. The van der Waals surface area contributed by atoms with E-state index in [2.05, 4.69) is 0 Å². The van der Waals surface area contributed by atoms with E-state index in [9.17, 15) is 4.39 Å². The van der Waals surface area contributed by atoms with Gasteiger partial charge in [0.2, 0.25) is 6.23 Å². The number of nitrogens with zero attached hydrogens (tertiary/aromatic N) is 2. The molecule has 3 nitrogen and oxygen atoms in total. The van der Waals surface area contributed by atoms with Crippen LogP contribution in [0.4, 0.5) is 4.39 Å². The first-order valence-corrected chi connectivity index (χ1v) is 9.20. The van der Waals surface area contributed by atoms with Crippen molar-refractivity contribution in [3.63, 3.8) is 0 Å². The highest BCUT2D eigenvalue weighted by Crippen LogP contribution is 2.47. The number of hydrogen-bond acceptors (Lipinski definition) is 3. The van der Waals surface area contributed by atoms with Gasteiger partial charge >= 0.3 is 0 Å². The van der Waals surface area contributed by atoms with E-state index in [1.807, 2.05) is 59.6 Å². The molecule has 2 aliphatic heterocycles. The van der Waals surface area contributed by atoms with Gasteiger partial charge in [-0.2, -0.15) is 5.10 Å². The van der Waals surface area contributed by atoms with Gasteiger partial charge in [-0.1, -0.05) is 60.1 Å². The SMILES string of the molecule is Fc1ccccc1[C@H]1Oc2ccccc2[C@@H]2CC(c3ccc(Cl)cc3)=NN12. The molecule has 0 N–H and O–H groups in total.